The predicted octanol–water partition coefficient (Wildman–Crippen LogP) is 2.70. The fourth-order valence-corrected chi connectivity index (χ4v) is 3.76. The number of thioether (sulfide) groups is 2. The molecule has 0 radical (unpaired) electrons. The Morgan fingerprint density at radius 1 is 1.18 bits per heavy atom. The normalized spacial score (nSPS) is 14.9. The second kappa shape index (κ2) is 7.21. The highest BCUT2D eigenvalue weighted by Gasteiger charge is 2.22. The van der Waals surface area contributed by atoms with Gasteiger partial charge in [-0.3, -0.25) is 0 Å². The van der Waals surface area contributed by atoms with Crippen molar-refractivity contribution in [1.82, 2.24) is 9.97 Å². The Labute approximate surface area is 139 Å². The summed E-state index contributed by atoms with van der Waals surface area (Å²) in [6.45, 7) is 2.00. The highest BCUT2D eigenvalue weighted by Crippen LogP contribution is 2.36. The van der Waals surface area contributed by atoms with Crippen LogP contribution in [0.1, 0.15) is 0 Å². The molecule has 116 valence electrons. The molecule has 2 aromatic rings. The number of hydrazine groups is 1. The van der Waals surface area contributed by atoms with E-state index in [4.69, 9.17) is 10.8 Å². The molecule has 0 saturated carbocycles. The second-order valence-corrected chi connectivity index (χ2v) is 6.87. The van der Waals surface area contributed by atoms with Gasteiger partial charge in [-0.15, -0.1) is 0 Å². The van der Waals surface area contributed by atoms with Crippen LogP contribution in [-0.2, 0) is 0 Å². The van der Waals surface area contributed by atoms with Crippen molar-refractivity contribution in [1.29, 1.82) is 0 Å². The monoisotopic (exact) mass is 333 g/mol. The Bertz CT molecular complexity index is 629. The third-order valence-corrected chi connectivity index (χ3v) is 5.05. The van der Waals surface area contributed by atoms with Crippen molar-refractivity contribution in [3.05, 3.63) is 30.3 Å². The van der Waals surface area contributed by atoms with Crippen LogP contribution in [0.5, 0.6) is 0 Å². The molecule has 0 atom stereocenters. The number of aromatic nitrogens is 2. The van der Waals surface area contributed by atoms with Crippen molar-refractivity contribution in [2.24, 2.45) is 5.84 Å². The number of benzene rings is 1. The maximum absolute atomic E-state index is 5.74. The Balaban J connectivity index is 2.15. The van der Waals surface area contributed by atoms with Crippen LogP contribution in [0, 0.1) is 0 Å². The third kappa shape index (κ3) is 3.16. The summed E-state index contributed by atoms with van der Waals surface area (Å²) in [4.78, 5) is 11.6. The lowest BCUT2D eigenvalue weighted by Crippen LogP contribution is -2.34. The number of nitrogens with zero attached hydrogens (tertiary/aromatic N) is 3. The molecule has 0 amide bonds. The van der Waals surface area contributed by atoms with Gasteiger partial charge in [-0.2, -0.15) is 11.8 Å². The number of nitrogens with one attached hydrogen (secondary N) is 1. The zero-order chi connectivity index (χ0) is 15.4. The van der Waals surface area contributed by atoms with Crippen LogP contribution >= 0.6 is 23.5 Å². The van der Waals surface area contributed by atoms with Gasteiger partial charge in [-0.05, 0) is 11.8 Å². The van der Waals surface area contributed by atoms with Crippen molar-refractivity contribution in [2.75, 3.05) is 41.2 Å². The molecule has 7 heteroatoms. The molecule has 1 aliphatic rings. The molecule has 1 saturated heterocycles. The van der Waals surface area contributed by atoms with Crippen molar-refractivity contribution in [2.45, 2.75) is 5.16 Å². The van der Waals surface area contributed by atoms with E-state index in [1.54, 1.807) is 0 Å². The molecular formula is C15H19N5S2. The minimum atomic E-state index is 0.679. The van der Waals surface area contributed by atoms with Crippen molar-refractivity contribution < 1.29 is 0 Å². The summed E-state index contributed by atoms with van der Waals surface area (Å²) >= 11 is 3.52. The number of anilines is 2. The summed E-state index contributed by atoms with van der Waals surface area (Å²) in [6, 6.07) is 10.2. The van der Waals surface area contributed by atoms with Crippen LogP contribution < -0.4 is 16.2 Å². The fourth-order valence-electron chi connectivity index (χ4n) is 2.50. The van der Waals surface area contributed by atoms with Gasteiger partial charge in [0.05, 0.1) is 5.56 Å². The molecule has 1 aromatic heterocycles. The van der Waals surface area contributed by atoms with E-state index in [2.05, 4.69) is 27.4 Å². The van der Waals surface area contributed by atoms with Gasteiger partial charge < -0.3 is 10.3 Å². The van der Waals surface area contributed by atoms with Crippen LogP contribution in [0.15, 0.2) is 35.5 Å². The van der Waals surface area contributed by atoms with Gasteiger partial charge >= 0.3 is 0 Å². The summed E-state index contributed by atoms with van der Waals surface area (Å²) in [7, 11) is 0. The van der Waals surface area contributed by atoms with E-state index in [0.29, 0.717) is 5.82 Å². The van der Waals surface area contributed by atoms with Crippen LogP contribution in [0.25, 0.3) is 11.1 Å². The van der Waals surface area contributed by atoms with Crippen LogP contribution in [0.2, 0.25) is 0 Å². The average molecular weight is 333 g/mol. The highest BCUT2D eigenvalue weighted by atomic mass is 32.2. The van der Waals surface area contributed by atoms with Gasteiger partial charge in [-0.25, -0.2) is 15.8 Å². The van der Waals surface area contributed by atoms with Gasteiger partial charge in [-0.1, -0.05) is 42.1 Å². The molecule has 0 unspecified atom stereocenters. The van der Waals surface area contributed by atoms with Crippen LogP contribution in [0.3, 0.4) is 0 Å². The first kappa shape index (κ1) is 15.5. The molecule has 1 aliphatic heterocycles. The van der Waals surface area contributed by atoms with Gasteiger partial charge in [0.2, 0.25) is 0 Å². The van der Waals surface area contributed by atoms with E-state index in [1.807, 2.05) is 36.2 Å². The Morgan fingerprint density at radius 3 is 2.55 bits per heavy atom. The summed E-state index contributed by atoms with van der Waals surface area (Å²) < 4.78 is 0. The lowest BCUT2D eigenvalue weighted by Gasteiger charge is -2.30. The Kier molecular flexibility index (Phi) is 5.07. The third-order valence-electron chi connectivity index (χ3n) is 3.56. The molecule has 2 heterocycles. The molecule has 0 aliphatic carbocycles. The van der Waals surface area contributed by atoms with E-state index < -0.39 is 0 Å². The van der Waals surface area contributed by atoms with Crippen molar-refractivity contribution >= 4 is 35.2 Å². The minimum absolute atomic E-state index is 0.679. The second-order valence-electron chi connectivity index (χ2n) is 4.87. The SMILES string of the molecule is CSc1nc(NN)c(-c2ccccc2)c(N2CCSCC2)n1. The maximum atomic E-state index is 5.74. The number of hydrogen-bond donors (Lipinski definition) is 2. The van der Waals surface area contributed by atoms with Gasteiger partial charge in [0.15, 0.2) is 11.0 Å². The fraction of sp³-hybridized carbons (Fsp3) is 0.333. The maximum Gasteiger partial charge on any atom is 0.191 e. The first-order valence-corrected chi connectivity index (χ1v) is 9.52. The molecular weight excluding hydrogens is 314 g/mol. The smallest absolute Gasteiger partial charge is 0.191 e. The van der Waals surface area contributed by atoms with Gasteiger partial charge in [0.25, 0.3) is 0 Å². The zero-order valence-corrected chi connectivity index (χ0v) is 14.1. The van der Waals surface area contributed by atoms with Crippen molar-refractivity contribution in [3.8, 4) is 11.1 Å². The predicted molar refractivity (Wildman–Crippen MR) is 96.6 cm³/mol. The zero-order valence-electron chi connectivity index (χ0n) is 12.5. The number of nitrogens with two attached hydrogens (primary N) is 1. The van der Waals surface area contributed by atoms with E-state index in [1.165, 1.54) is 11.8 Å². The summed E-state index contributed by atoms with van der Waals surface area (Å²) in [5.41, 5.74) is 4.81. The quantitative estimate of drug-likeness (QED) is 0.386. The molecule has 1 fully saturated rings. The first-order valence-electron chi connectivity index (χ1n) is 7.14. The summed E-state index contributed by atoms with van der Waals surface area (Å²) in [5.74, 6) is 9.63. The molecule has 0 spiro atoms. The Hall–Kier alpha value is -1.44. The van der Waals surface area contributed by atoms with E-state index in [-0.39, 0.29) is 0 Å². The largest absolute Gasteiger partial charge is 0.354 e. The van der Waals surface area contributed by atoms with Crippen molar-refractivity contribution in [3.63, 3.8) is 0 Å². The lowest BCUT2D eigenvalue weighted by atomic mass is 10.1. The summed E-state index contributed by atoms with van der Waals surface area (Å²) in [6.07, 6.45) is 1.98. The number of hydrogen-bond acceptors (Lipinski definition) is 7. The first-order chi connectivity index (χ1) is 10.8. The summed E-state index contributed by atoms with van der Waals surface area (Å²) in [5, 5.41) is 0.737. The molecule has 3 rings (SSSR count). The topological polar surface area (TPSA) is 67.1 Å². The molecule has 3 N–H and O–H groups in total. The van der Waals surface area contributed by atoms with Crippen LogP contribution in [0.4, 0.5) is 11.6 Å². The average Bonchev–Trinajstić information content (AvgIpc) is 2.62. The van der Waals surface area contributed by atoms with Crippen LogP contribution in [-0.4, -0.2) is 40.8 Å². The van der Waals surface area contributed by atoms with Gasteiger partial charge in [0.1, 0.15) is 5.82 Å². The molecule has 5 nitrogen and oxygen atoms in total. The van der Waals surface area contributed by atoms with E-state index in [0.717, 1.165) is 46.7 Å². The standard InChI is InChI=1S/C15H19N5S2/c1-21-15-17-13(19-16)12(11-5-3-2-4-6-11)14(18-15)20-7-9-22-10-8-20/h2-6H,7-10,16H2,1H3,(H,17,18,19). The lowest BCUT2D eigenvalue weighted by molar-refractivity contribution is 0.816. The Morgan fingerprint density at radius 2 is 1.91 bits per heavy atom. The van der Waals surface area contributed by atoms with Gasteiger partial charge in [0, 0.05) is 24.6 Å². The minimum Gasteiger partial charge on any atom is -0.354 e. The molecule has 0 bridgehead atoms. The number of rotatable bonds is 4. The molecule has 1 aromatic carbocycles. The number of nitrogen functional groups attached to an aromatic ring is 1. The van der Waals surface area contributed by atoms with E-state index in [9.17, 15) is 0 Å². The molecule has 22 heavy (non-hydrogen) atoms. The highest BCUT2D eigenvalue weighted by molar-refractivity contribution is 7.99. The van der Waals surface area contributed by atoms with E-state index >= 15 is 0 Å².